The molecular weight excluding hydrogens is 186 g/mol. The van der Waals surface area contributed by atoms with Crippen LogP contribution in [0, 0.1) is 0 Å². The minimum Gasteiger partial charge on any atom is -0.461 e. The second-order valence-corrected chi connectivity index (χ2v) is 3.81. The van der Waals surface area contributed by atoms with Gasteiger partial charge in [0.15, 0.2) is 0 Å². The molecule has 1 fully saturated rings. The Morgan fingerprint density at radius 3 is 2.62 bits per heavy atom. The van der Waals surface area contributed by atoms with E-state index in [-0.39, 0.29) is 18.1 Å². The van der Waals surface area contributed by atoms with Gasteiger partial charge in [-0.1, -0.05) is 19.2 Å². The van der Waals surface area contributed by atoms with Crippen molar-refractivity contribution in [2.45, 2.75) is 51.2 Å². The van der Waals surface area contributed by atoms with E-state index < -0.39 is 0 Å². The Bertz CT molecular complexity index is 169. The van der Waals surface area contributed by atoms with Gasteiger partial charge in [-0.25, -0.2) is 0 Å². The summed E-state index contributed by atoms with van der Waals surface area (Å²) in [5.74, 6) is -0.193. The van der Waals surface area contributed by atoms with Gasteiger partial charge in [0.1, 0.15) is 12.1 Å². The maximum atomic E-state index is 11.3. The van der Waals surface area contributed by atoms with E-state index in [0.29, 0.717) is 0 Å². The molecule has 0 unspecified atom stereocenters. The lowest BCUT2D eigenvalue weighted by atomic mass is 9.98. The number of ether oxygens (including phenoxy) is 1. The molecule has 0 amide bonds. The van der Waals surface area contributed by atoms with Gasteiger partial charge in [-0.15, -0.1) is 0 Å². The summed E-state index contributed by atoms with van der Waals surface area (Å²) < 4.78 is 7.87. The van der Waals surface area contributed by atoms with Gasteiger partial charge in [-0.05, 0) is 32.6 Å². The molecule has 0 saturated heterocycles. The van der Waals surface area contributed by atoms with Crippen LogP contribution in [0.2, 0.25) is 0 Å². The first-order chi connectivity index (χ1) is 6.24. The highest BCUT2D eigenvalue weighted by Gasteiger charge is 2.20. The van der Waals surface area contributed by atoms with Crippen LogP contribution >= 0.6 is 12.8 Å². The van der Waals surface area contributed by atoms with E-state index in [0.717, 1.165) is 12.8 Å². The highest BCUT2D eigenvalue weighted by molar-refractivity contribution is 7.78. The lowest BCUT2D eigenvalue weighted by molar-refractivity contribution is -0.152. The third-order valence-electron chi connectivity index (χ3n) is 2.38. The van der Waals surface area contributed by atoms with Crippen LogP contribution in [0.3, 0.4) is 0 Å². The van der Waals surface area contributed by atoms with Crippen LogP contribution in [-0.4, -0.2) is 18.1 Å². The molecule has 1 saturated carbocycles. The predicted molar refractivity (Wildman–Crippen MR) is 54.5 cm³/mol. The van der Waals surface area contributed by atoms with Crippen molar-refractivity contribution in [1.82, 2.24) is 4.72 Å². The fourth-order valence-corrected chi connectivity index (χ4v) is 1.61. The molecule has 1 N–H and O–H groups in total. The maximum Gasteiger partial charge on any atom is 0.323 e. The number of hydrogen-bond acceptors (Lipinski definition) is 4. The molecule has 13 heavy (non-hydrogen) atoms. The van der Waals surface area contributed by atoms with E-state index in [4.69, 9.17) is 4.74 Å². The first-order valence-electron chi connectivity index (χ1n) is 4.84. The van der Waals surface area contributed by atoms with Gasteiger partial charge < -0.3 is 4.74 Å². The standard InChI is InChI=1S/C9H17NO2S/c1-7(10-13)9(11)12-8-5-3-2-4-6-8/h7-8,10,13H,2-6H2,1H3/t7-/m0/s1. The van der Waals surface area contributed by atoms with Crippen molar-refractivity contribution in [2.75, 3.05) is 0 Å². The molecule has 76 valence electrons. The Morgan fingerprint density at radius 2 is 2.08 bits per heavy atom. The van der Waals surface area contributed by atoms with Crippen LogP contribution in [0.15, 0.2) is 0 Å². The Labute approximate surface area is 84.8 Å². The summed E-state index contributed by atoms with van der Waals surface area (Å²) in [5, 5.41) is 0. The van der Waals surface area contributed by atoms with Crippen molar-refractivity contribution >= 4 is 18.8 Å². The Kier molecular flexibility index (Phi) is 4.59. The number of carbonyl (C=O) groups excluding carboxylic acids is 1. The predicted octanol–water partition coefficient (Wildman–Crippen LogP) is 1.69. The van der Waals surface area contributed by atoms with Crippen LogP contribution in [0.1, 0.15) is 39.0 Å². The van der Waals surface area contributed by atoms with Crippen molar-refractivity contribution < 1.29 is 9.53 Å². The lowest BCUT2D eigenvalue weighted by Crippen LogP contribution is -2.33. The molecule has 1 atom stereocenters. The van der Waals surface area contributed by atoms with Gasteiger partial charge in [-0.2, -0.15) is 0 Å². The average molecular weight is 203 g/mol. The molecule has 0 aromatic rings. The molecule has 4 heteroatoms. The number of thiol groups is 1. The van der Waals surface area contributed by atoms with Crippen LogP contribution in [0.5, 0.6) is 0 Å². The number of hydrogen-bond donors (Lipinski definition) is 2. The van der Waals surface area contributed by atoms with Crippen molar-refractivity contribution in [3.05, 3.63) is 0 Å². The Hall–Kier alpha value is -0.220. The molecule has 1 aliphatic carbocycles. The summed E-state index contributed by atoms with van der Waals surface area (Å²) in [5.41, 5.74) is 0. The SMILES string of the molecule is C[C@H](NS)C(=O)OC1CCCCC1. The summed E-state index contributed by atoms with van der Waals surface area (Å²) in [4.78, 5) is 11.3. The highest BCUT2D eigenvalue weighted by atomic mass is 32.1. The van der Waals surface area contributed by atoms with E-state index in [1.807, 2.05) is 0 Å². The zero-order valence-electron chi connectivity index (χ0n) is 7.95. The molecule has 0 aromatic carbocycles. The topological polar surface area (TPSA) is 38.3 Å². The Morgan fingerprint density at radius 1 is 1.46 bits per heavy atom. The molecule has 0 aromatic heterocycles. The van der Waals surface area contributed by atoms with E-state index in [1.165, 1.54) is 19.3 Å². The van der Waals surface area contributed by atoms with Crippen LogP contribution < -0.4 is 4.72 Å². The van der Waals surface area contributed by atoms with Crippen molar-refractivity contribution in [1.29, 1.82) is 0 Å². The van der Waals surface area contributed by atoms with E-state index in [2.05, 4.69) is 17.5 Å². The smallest absolute Gasteiger partial charge is 0.323 e. The monoisotopic (exact) mass is 203 g/mol. The molecule has 1 aliphatic rings. The van der Waals surface area contributed by atoms with Crippen molar-refractivity contribution in [3.8, 4) is 0 Å². The fraction of sp³-hybridized carbons (Fsp3) is 0.889. The summed E-state index contributed by atoms with van der Waals surface area (Å²) >= 11 is 3.82. The van der Waals surface area contributed by atoms with E-state index in [9.17, 15) is 4.79 Å². The molecule has 1 rings (SSSR count). The molecule has 0 aliphatic heterocycles. The van der Waals surface area contributed by atoms with E-state index in [1.54, 1.807) is 6.92 Å². The number of rotatable bonds is 3. The van der Waals surface area contributed by atoms with Gasteiger partial charge in [-0.3, -0.25) is 9.52 Å². The molecule has 3 nitrogen and oxygen atoms in total. The largest absolute Gasteiger partial charge is 0.461 e. The maximum absolute atomic E-state index is 11.3. The van der Waals surface area contributed by atoms with Gasteiger partial charge in [0.2, 0.25) is 0 Å². The summed E-state index contributed by atoms with van der Waals surface area (Å²) in [6, 6.07) is -0.315. The minimum atomic E-state index is -0.315. The Balaban J connectivity index is 2.26. The first-order valence-corrected chi connectivity index (χ1v) is 5.29. The fourth-order valence-electron chi connectivity index (χ4n) is 1.50. The number of nitrogens with one attached hydrogen (secondary N) is 1. The summed E-state index contributed by atoms with van der Waals surface area (Å²) in [7, 11) is 0. The summed E-state index contributed by atoms with van der Waals surface area (Å²) in [6.07, 6.45) is 5.82. The highest BCUT2D eigenvalue weighted by Crippen LogP contribution is 2.20. The third kappa shape index (κ3) is 3.56. The van der Waals surface area contributed by atoms with Crippen LogP contribution in [0.25, 0.3) is 0 Å². The van der Waals surface area contributed by atoms with Crippen molar-refractivity contribution in [2.24, 2.45) is 0 Å². The van der Waals surface area contributed by atoms with Gasteiger partial charge in [0.05, 0.1) is 0 Å². The van der Waals surface area contributed by atoms with Crippen LogP contribution in [-0.2, 0) is 9.53 Å². The van der Waals surface area contributed by atoms with Crippen molar-refractivity contribution in [3.63, 3.8) is 0 Å². The number of carbonyl (C=O) groups is 1. The third-order valence-corrected chi connectivity index (χ3v) is 2.77. The average Bonchev–Trinajstić information content (AvgIpc) is 2.18. The quantitative estimate of drug-likeness (QED) is 0.541. The zero-order valence-corrected chi connectivity index (χ0v) is 8.85. The first kappa shape index (κ1) is 10.9. The molecule has 0 radical (unpaired) electrons. The minimum absolute atomic E-state index is 0.144. The second-order valence-electron chi connectivity index (χ2n) is 3.55. The molecular formula is C9H17NO2S. The summed E-state index contributed by atoms with van der Waals surface area (Å²) in [6.45, 7) is 1.75. The normalized spacial score (nSPS) is 21.1. The van der Waals surface area contributed by atoms with Gasteiger partial charge >= 0.3 is 5.97 Å². The second kappa shape index (κ2) is 5.50. The van der Waals surface area contributed by atoms with Gasteiger partial charge in [0, 0.05) is 0 Å². The lowest BCUT2D eigenvalue weighted by Gasteiger charge is -2.23. The van der Waals surface area contributed by atoms with E-state index >= 15 is 0 Å². The molecule has 0 heterocycles. The number of esters is 1. The molecule has 0 bridgehead atoms. The van der Waals surface area contributed by atoms with Gasteiger partial charge in [0.25, 0.3) is 0 Å². The zero-order chi connectivity index (χ0) is 9.68. The van der Waals surface area contributed by atoms with Crippen LogP contribution in [0.4, 0.5) is 0 Å². The molecule has 0 spiro atoms.